The molecule has 6 nitrogen and oxygen atoms in total. The molecule has 1 aliphatic rings. The number of imide groups is 1. The maximum atomic E-state index is 13.4. The minimum Gasteiger partial charge on any atom is -0.493 e. The average Bonchev–Trinajstić information content (AvgIpc) is 3.37. The lowest BCUT2D eigenvalue weighted by molar-refractivity contribution is -0.119. The molecule has 0 radical (unpaired) electrons. The number of nitrogens with zero attached hydrogens (tertiary/aromatic N) is 1. The summed E-state index contributed by atoms with van der Waals surface area (Å²) in [6.45, 7) is 0. The van der Waals surface area contributed by atoms with E-state index in [0.29, 0.717) is 49.8 Å². The van der Waals surface area contributed by atoms with E-state index in [1.54, 1.807) is 54.8 Å². The molecule has 0 fully saturated rings. The summed E-state index contributed by atoms with van der Waals surface area (Å²) in [5, 5.41) is 0.433. The summed E-state index contributed by atoms with van der Waals surface area (Å²) >= 11 is 7.35. The Labute approximate surface area is 188 Å². The molecule has 4 rings (SSSR count). The highest BCUT2D eigenvalue weighted by atomic mass is 35.5. The van der Waals surface area contributed by atoms with Gasteiger partial charge in [0, 0.05) is 5.02 Å². The molecule has 1 aliphatic heterocycles. The molecule has 0 N–H and O–H groups in total. The predicted molar refractivity (Wildman–Crippen MR) is 120 cm³/mol. The van der Waals surface area contributed by atoms with Crippen molar-refractivity contribution in [2.45, 2.75) is 5.75 Å². The SMILES string of the molecule is COc1ccc(C2=C(SCc3ccco3)C(=O)N(c3cccc(Cl)c3)C2=O)cc1OC. The number of hydrogen-bond donors (Lipinski definition) is 0. The summed E-state index contributed by atoms with van der Waals surface area (Å²) in [5.74, 6) is 1.26. The van der Waals surface area contributed by atoms with Crippen LogP contribution in [0, 0.1) is 0 Å². The van der Waals surface area contributed by atoms with Crippen molar-refractivity contribution in [1.82, 2.24) is 0 Å². The first-order valence-corrected chi connectivity index (χ1v) is 10.7. The van der Waals surface area contributed by atoms with Crippen LogP contribution in [0.2, 0.25) is 5.02 Å². The van der Waals surface area contributed by atoms with Crippen molar-refractivity contribution in [3.8, 4) is 11.5 Å². The van der Waals surface area contributed by atoms with Crippen LogP contribution in [-0.4, -0.2) is 26.0 Å². The summed E-state index contributed by atoms with van der Waals surface area (Å²) < 4.78 is 16.1. The largest absolute Gasteiger partial charge is 0.493 e. The highest BCUT2D eigenvalue weighted by molar-refractivity contribution is 8.03. The summed E-state index contributed by atoms with van der Waals surface area (Å²) in [7, 11) is 3.05. The van der Waals surface area contributed by atoms with Crippen LogP contribution in [0.4, 0.5) is 5.69 Å². The van der Waals surface area contributed by atoms with Crippen molar-refractivity contribution in [2.75, 3.05) is 19.1 Å². The number of halogens is 1. The lowest BCUT2D eigenvalue weighted by Gasteiger charge is -2.15. The first-order valence-electron chi connectivity index (χ1n) is 9.29. The zero-order chi connectivity index (χ0) is 22.0. The molecular weight excluding hydrogens is 438 g/mol. The molecule has 3 aromatic rings. The number of hydrogen-bond acceptors (Lipinski definition) is 6. The second kappa shape index (κ2) is 8.91. The number of rotatable bonds is 7. The maximum Gasteiger partial charge on any atom is 0.272 e. The fraction of sp³-hybridized carbons (Fsp3) is 0.130. The normalized spacial score (nSPS) is 13.8. The molecule has 0 bridgehead atoms. The number of thioether (sulfide) groups is 1. The van der Waals surface area contributed by atoms with Crippen LogP contribution in [0.15, 0.2) is 70.2 Å². The Morgan fingerprint density at radius 3 is 2.45 bits per heavy atom. The van der Waals surface area contributed by atoms with Crippen LogP contribution in [0.1, 0.15) is 11.3 Å². The second-order valence-electron chi connectivity index (χ2n) is 6.57. The van der Waals surface area contributed by atoms with E-state index < -0.39 is 11.8 Å². The lowest BCUT2D eigenvalue weighted by atomic mass is 10.1. The molecule has 0 saturated carbocycles. The van der Waals surface area contributed by atoms with Crippen LogP contribution in [0.3, 0.4) is 0 Å². The third-order valence-electron chi connectivity index (χ3n) is 4.72. The minimum absolute atomic E-state index is 0.294. The Kier molecular flexibility index (Phi) is 6.06. The molecule has 0 spiro atoms. The number of furan rings is 1. The van der Waals surface area contributed by atoms with Crippen molar-refractivity contribution in [2.24, 2.45) is 0 Å². The van der Waals surface area contributed by atoms with Gasteiger partial charge in [0.05, 0.1) is 42.4 Å². The first-order chi connectivity index (χ1) is 15.0. The van der Waals surface area contributed by atoms with Gasteiger partial charge in [0.1, 0.15) is 5.76 Å². The third kappa shape index (κ3) is 4.06. The molecule has 2 amide bonds. The monoisotopic (exact) mass is 455 g/mol. The van der Waals surface area contributed by atoms with Crippen molar-refractivity contribution in [3.63, 3.8) is 0 Å². The van der Waals surface area contributed by atoms with Gasteiger partial charge >= 0.3 is 0 Å². The number of carbonyl (C=O) groups excluding carboxylic acids is 2. The zero-order valence-corrected chi connectivity index (χ0v) is 18.3. The van der Waals surface area contributed by atoms with Gasteiger partial charge in [0.2, 0.25) is 0 Å². The van der Waals surface area contributed by atoms with Crippen LogP contribution < -0.4 is 14.4 Å². The highest BCUT2D eigenvalue weighted by Crippen LogP contribution is 2.41. The Bertz CT molecular complexity index is 1170. The number of benzene rings is 2. The van der Waals surface area contributed by atoms with Crippen LogP contribution in [0.5, 0.6) is 11.5 Å². The van der Waals surface area contributed by atoms with Gasteiger partial charge in [-0.1, -0.05) is 23.7 Å². The molecule has 1 aromatic heterocycles. The average molecular weight is 456 g/mol. The van der Waals surface area contributed by atoms with Crippen LogP contribution >= 0.6 is 23.4 Å². The molecular formula is C23H18ClNO5S. The van der Waals surface area contributed by atoms with E-state index >= 15 is 0 Å². The summed E-state index contributed by atoms with van der Waals surface area (Å²) in [4.78, 5) is 28.3. The molecule has 0 aliphatic carbocycles. The number of methoxy groups -OCH3 is 2. The smallest absolute Gasteiger partial charge is 0.272 e. The zero-order valence-electron chi connectivity index (χ0n) is 16.8. The molecule has 31 heavy (non-hydrogen) atoms. The van der Waals surface area contributed by atoms with Gasteiger partial charge in [-0.25, -0.2) is 4.90 Å². The number of carbonyl (C=O) groups is 2. The maximum absolute atomic E-state index is 13.4. The molecule has 0 saturated heterocycles. The molecule has 2 aromatic carbocycles. The van der Waals surface area contributed by atoms with Crippen molar-refractivity contribution >= 4 is 46.4 Å². The fourth-order valence-electron chi connectivity index (χ4n) is 3.28. The topological polar surface area (TPSA) is 69.0 Å². The Balaban J connectivity index is 1.79. The summed E-state index contributed by atoms with van der Waals surface area (Å²) in [6, 6.07) is 15.4. The van der Waals surface area contributed by atoms with Crippen molar-refractivity contribution in [3.05, 3.63) is 82.1 Å². The highest BCUT2D eigenvalue weighted by Gasteiger charge is 2.40. The van der Waals surface area contributed by atoms with E-state index in [4.69, 9.17) is 25.5 Å². The second-order valence-corrected chi connectivity index (χ2v) is 7.99. The van der Waals surface area contributed by atoms with E-state index in [0.717, 1.165) is 4.90 Å². The predicted octanol–water partition coefficient (Wildman–Crippen LogP) is 5.17. The fourth-order valence-corrected chi connectivity index (χ4v) is 4.48. The van der Waals surface area contributed by atoms with Gasteiger partial charge < -0.3 is 13.9 Å². The molecule has 158 valence electrons. The Morgan fingerprint density at radius 2 is 1.77 bits per heavy atom. The third-order valence-corrected chi connectivity index (χ3v) is 6.05. The molecule has 0 atom stereocenters. The quantitative estimate of drug-likeness (QED) is 0.458. The van der Waals surface area contributed by atoms with Gasteiger partial charge in [-0.15, -0.1) is 11.8 Å². The molecule has 0 unspecified atom stereocenters. The molecule has 2 heterocycles. The molecule has 8 heteroatoms. The standard InChI is InChI=1S/C23H18ClNO5S/c1-28-18-9-8-14(11-19(18)29-2)20-21(31-13-17-7-4-10-30-17)23(27)25(22(20)26)16-6-3-5-15(24)12-16/h3-12H,13H2,1-2H3. The number of ether oxygens (including phenoxy) is 2. The van der Waals surface area contributed by atoms with Gasteiger partial charge in [0.25, 0.3) is 11.8 Å². The van der Waals surface area contributed by atoms with E-state index in [1.165, 1.54) is 26.0 Å². The van der Waals surface area contributed by atoms with Gasteiger partial charge in [-0.05, 0) is 48.0 Å². The van der Waals surface area contributed by atoms with Crippen molar-refractivity contribution in [1.29, 1.82) is 0 Å². The van der Waals surface area contributed by atoms with Gasteiger partial charge in [-0.3, -0.25) is 9.59 Å². The Hall–Kier alpha value is -3.16. The van der Waals surface area contributed by atoms with Crippen LogP contribution in [0.25, 0.3) is 5.57 Å². The van der Waals surface area contributed by atoms with Gasteiger partial charge in [0.15, 0.2) is 11.5 Å². The van der Waals surface area contributed by atoms with E-state index in [-0.39, 0.29) is 0 Å². The number of amides is 2. The van der Waals surface area contributed by atoms with E-state index in [9.17, 15) is 9.59 Å². The van der Waals surface area contributed by atoms with Crippen molar-refractivity contribution < 1.29 is 23.5 Å². The van der Waals surface area contributed by atoms with E-state index in [2.05, 4.69) is 0 Å². The van der Waals surface area contributed by atoms with Gasteiger partial charge in [-0.2, -0.15) is 0 Å². The Morgan fingerprint density at radius 1 is 0.968 bits per heavy atom. The minimum atomic E-state index is -0.429. The lowest BCUT2D eigenvalue weighted by Crippen LogP contribution is -2.31. The summed E-state index contributed by atoms with van der Waals surface area (Å²) in [6.07, 6.45) is 1.57. The summed E-state index contributed by atoms with van der Waals surface area (Å²) in [5.41, 5.74) is 1.26. The first kappa shape index (κ1) is 21.1. The van der Waals surface area contributed by atoms with Crippen LogP contribution in [-0.2, 0) is 15.3 Å². The number of anilines is 1. The van der Waals surface area contributed by atoms with E-state index in [1.807, 2.05) is 6.07 Å².